The standard InChI is InChI=1S/C22H23NO.C21H16N2O4.C4H11N/c1-2-3-5-13-19(24)15-21-22(17-10-6-4-7-11-17)20-14-9-8-12-18(20)16-23-21;24-18-10-11-19(25)23(18)27-20(26)12-17-21(14-6-2-1-3-7-14)16-9-5-4-8-15(16)13-22-17;1-2-3-4-5/h4,6-12,14,16H,2-3,5,13,15H2,1H3;1-9,13H,10-12H2;2-5H2,1H3. The molecule has 1 aliphatic rings. The number of ketones is 1. The highest BCUT2D eigenvalue weighted by Gasteiger charge is 2.33. The number of imide groups is 1. The summed E-state index contributed by atoms with van der Waals surface area (Å²) in [7, 11) is 0. The van der Waals surface area contributed by atoms with Crippen molar-refractivity contribution in [2.75, 3.05) is 6.54 Å². The Balaban J connectivity index is 0.000000193. The van der Waals surface area contributed by atoms with E-state index in [-0.39, 0.29) is 25.0 Å². The Morgan fingerprint density at radius 3 is 1.55 bits per heavy atom. The number of unbranched alkanes of at least 4 members (excludes halogenated alkanes) is 3. The van der Waals surface area contributed by atoms with Crippen LogP contribution in [0.2, 0.25) is 0 Å². The minimum absolute atomic E-state index is 0.0651. The van der Waals surface area contributed by atoms with E-state index in [1.54, 1.807) is 6.20 Å². The molecule has 0 radical (unpaired) electrons. The van der Waals surface area contributed by atoms with Gasteiger partial charge in [-0.3, -0.25) is 24.4 Å². The predicted molar refractivity (Wildman–Crippen MR) is 222 cm³/mol. The Hall–Kier alpha value is -6.06. The summed E-state index contributed by atoms with van der Waals surface area (Å²) in [4.78, 5) is 62.1. The maximum atomic E-state index is 12.4. The molecule has 7 rings (SSSR count). The lowest BCUT2D eigenvalue weighted by Crippen LogP contribution is -2.32. The SMILES string of the molecule is CCCCCC(=O)Cc1ncc2ccccc2c1-c1ccccc1.CCCCN.O=C(Cc1ncc2ccccc2c1-c1ccccc1)ON1C(=O)CCC1=O. The first-order chi connectivity index (χ1) is 27.3. The highest BCUT2D eigenvalue weighted by Crippen LogP contribution is 2.33. The van der Waals surface area contributed by atoms with E-state index < -0.39 is 17.8 Å². The van der Waals surface area contributed by atoms with Gasteiger partial charge in [0.15, 0.2) is 0 Å². The zero-order chi connectivity index (χ0) is 39.7. The Morgan fingerprint density at radius 2 is 1.09 bits per heavy atom. The van der Waals surface area contributed by atoms with Crippen LogP contribution in [0, 0.1) is 0 Å². The zero-order valence-electron chi connectivity index (χ0n) is 32.3. The van der Waals surface area contributed by atoms with E-state index >= 15 is 0 Å². The Bertz CT molecular complexity index is 2220. The van der Waals surface area contributed by atoms with Crippen LogP contribution in [0.15, 0.2) is 122 Å². The smallest absolute Gasteiger partial charge is 0.330 e. The number of carbonyl (C=O) groups is 4. The quantitative estimate of drug-likeness (QED) is 0.0912. The summed E-state index contributed by atoms with van der Waals surface area (Å²) in [5.74, 6) is -1.41. The van der Waals surface area contributed by atoms with Crippen LogP contribution < -0.4 is 5.73 Å². The summed E-state index contributed by atoms with van der Waals surface area (Å²) in [6.45, 7) is 5.13. The number of benzene rings is 4. The van der Waals surface area contributed by atoms with Gasteiger partial charge in [0.2, 0.25) is 0 Å². The Morgan fingerprint density at radius 1 is 0.625 bits per heavy atom. The highest BCUT2D eigenvalue weighted by atomic mass is 16.7. The largest absolute Gasteiger partial charge is 0.339 e. The predicted octanol–water partition coefficient (Wildman–Crippen LogP) is 9.39. The lowest BCUT2D eigenvalue weighted by atomic mass is 9.94. The highest BCUT2D eigenvalue weighted by molar-refractivity contribution is 6.02. The lowest BCUT2D eigenvalue weighted by molar-refractivity contribution is -0.197. The normalized spacial score (nSPS) is 12.2. The van der Waals surface area contributed by atoms with Crippen molar-refractivity contribution in [3.63, 3.8) is 0 Å². The molecule has 2 aromatic heterocycles. The molecule has 2 amide bonds. The first-order valence-corrected chi connectivity index (χ1v) is 19.5. The maximum absolute atomic E-state index is 12.4. The maximum Gasteiger partial charge on any atom is 0.339 e. The van der Waals surface area contributed by atoms with Gasteiger partial charge in [-0.2, -0.15) is 0 Å². The molecule has 288 valence electrons. The van der Waals surface area contributed by atoms with E-state index in [4.69, 9.17) is 10.6 Å². The average molecular weight is 751 g/mol. The van der Waals surface area contributed by atoms with Gasteiger partial charge in [0, 0.05) is 60.0 Å². The van der Waals surface area contributed by atoms with Crippen molar-refractivity contribution in [2.24, 2.45) is 5.73 Å². The van der Waals surface area contributed by atoms with Gasteiger partial charge in [0.25, 0.3) is 11.8 Å². The van der Waals surface area contributed by atoms with Crippen LogP contribution >= 0.6 is 0 Å². The number of hydroxylamine groups is 2. The Labute approximate surface area is 328 Å². The monoisotopic (exact) mass is 750 g/mol. The van der Waals surface area contributed by atoms with Crippen LogP contribution in [-0.4, -0.2) is 45.1 Å². The molecule has 56 heavy (non-hydrogen) atoms. The van der Waals surface area contributed by atoms with Crippen LogP contribution in [0.25, 0.3) is 43.8 Å². The number of rotatable bonds is 13. The van der Waals surface area contributed by atoms with Crippen molar-refractivity contribution >= 4 is 45.1 Å². The van der Waals surface area contributed by atoms with Crippen LogP contribution in [-0.2, 0) is 36.9 Å². The molecule has 1 aliphatic heterocycles. The van der Waals surface area contributed by atoms with E-state index in [9.17, 15) is 19.2 Å². The summed E-state index contributed by atoms with van der Waals surface area (Å²) < 4.78 is 0. The molecule has 0 bridgehead atoms. The van der Waals surface area contributed by atoms with Crippen LogP contribution in [0.4, 0.5) is 0 Å². The Kier molecular flexibility index (Phi) is 15.5. The number of pyridine rings is 2. The second-order valence-corrected chi connectivity index (χ2v) is 13.6. The average Bonchev–Trinajstić information content (AvgIpc) is 3.54. The number of nitrogens with two attached hydrogens (primary N) is 1. The fraction of sp³-hybridized carbons (Fsp3) is 0.277. The van der Waals surface area contributed by atoms with Crippen molar-refractivity contribution in [3.05, 3.63) is 133 Å². The van der Waals surface area contributed by atoms with E-state index in [1.807, 2.05) is 91.1 Å². The molecule has 2 N–H and O–H groups in total. The number of carbonyl (C=O) groups excluding carboxylic acids is 4. The molecule has 6 aromatic rings. The topological polar surface area (TPSA) is 133 Å². The van der Waals surface area contributed by atoms with Crippen molar-refractivity contribution in [2.45, 2.75) is 78.1 Å². The van der Waals surface area contributed by atoms with Gasteiger partial charge in [-0.1, -0.05) is 142 Å². The molecule has 0 saturated carbocycles. The molecular weight excluding hydrogens is 701 g/mol. The number of Topliss-reactive ketones (excluding diaryl/α,β-unsaturated/α-hetero) is 1. The number of aromatic nitrogens is 2. The molecule has 4 aromatic carbocycles. The number of hydrogen-bond donors (Lipinski definition) is 1. The number of fused-ring (bicyclic) bond motifs is 2. The number of hydrogen-bond acceptors (Lipinski definition) is 8. The van der Waals surface area contributed by atoms with Crippen LogP contribution in [0.5, 0.6) is 0 Å². The molecule has 3 heterocycles. The third-order valence-corrected chi connectivity index (χ3v) is 9.37. The van der Waals surface area contributed by atoms with Gasteiger partial charge in [-0.25, -0.2) is 4.79 Å². The van der Waals surface area contributed by atoms with E-state index in [0.717, 1.165) is 75.3 Å². The summed E-state index contributed by atoms with van der Waals surface area (Å²) in [5.41, 5.74) is 10.5. The number of amides is 2. The zero-order valence-corrected chi connectivity index (χ0v) is 32.3. The van der Waals surface area contributed by atoms with Gasteiger partial charge in [0.1, 0.15) is 5.78 Å². The second kappa shape index (κ2) is 21.1. The minimum Gasteiger partial charge on any atom is -0.330 e. The van der Waals surface area contributed by atoms with Crippen LogP contribution in [0.1, 0.15) is 76.6 Å². The van der Waals surface area contributed by atoms with E-state index in [0.29, 0.717) is 23.6 Å². The van der Waals surface area contributed by atoms with Gasteiger partial charge < -0.3 is 10.6 Å². The van der Waals surface area contributed by atoms with Crippen molar-refractivity contribution in [3.8, 4) is 22.3 Å². The molecule has 0 unspecified atom stereocenters. The molecule has 1 saturated heterocycles. The molecule has 1 fully saturated rings. The fourth-order valence-electron chi connectivity index (χ4n) is 6.51. The fourth-order valence-corrected chi connectivity index (χ4v) is 6.51. The number of nitrogens with zero attached hydrogens (tertiary/aromatic N) is 3. The third-order valence-electron chi connectivity index (χ3n) is 9.37. The summed E-state index contributed by atoms with van der Waals surface area (Å²) >= 11 is 0. The van der Waals surface area contributed by atoms with Gasteiger partial charge in [-0.05, 0) is 41.3 Å². The first-order valence-electron chi connectivity index (χ1n) is 19.5. The molecule has 9 nitrogen and oxygen atoms in total. The van der Waals surface area contributed by atoms with Crippen molar-refractivity contribution < 1.29 is 24.0 Å². The third kappa shape index (κ3) is 11.0. The molecular formula is C47H50N4O5. The van der Waals surface area contributed by atoms with Crippen LogP contribution in [0.3, 0.4) is 0 Å². The van der Waals surface area contributed by atoms with Gasteiger partial charge >= 0.3 is 5.97 Å². The summed E-state index contributed by atoms with van der Waals surface area (Å²) in [6.07, 6.45) is 10.2. The molecule has 9 heteroatoms. The van der Waals surface area contributed by atoms with E-state index in [2.05, 4.69) is 48.1 Å². The van der Waals surface area contributed by atoms with Gasteiger partial charge in [0.05, 0.1) is 17.8 Å². The summed E-state index contributed by atoms with van der Waals surface area (Å²) in [5, 5.41) is 4.76. The second-order valence-electron chi connectivity index (χ2n) is 13.6. The molecule has 0 spiro atoms. The van der Waals surface area contributed by atoms with Crippen molar-refractivity contribution in [1.29, 1.82) is 0 Å². The first kappa shape index (κ1) is 41.1. The van der Waals surface area contributed by atoms with E-state index in [1.165, 1.54) is 12.8 Å². The molecule has 0 aliphatic carbocycles. The van der Waals surface area contributed by atoms with Crippen molar-refractivity contribution in [1.82, 2.24) is 15.0 Å². The van der Waals surface area contributed by atoms with Gasteiger partial charge in [-0.15, -0.1) is 5.06 Å². The molecule has 0 atom stereocenters. The lowest BCUT2D eigenvalue weighted by Gasteiger charge is -2.15. The minimum atomic E-state index is -0.696. The summed E-state index contributed by atoms with van der Waals surface area (Å²) in [6, 6.07) is 36.0.